The van der Waals surface area contributed by atoms with Crippen LogP contribution in [0.3, 0.4) is 0 Å². The number of ether oxygens (including phenoxy) is 1. The van der Waals surface area contributed by atoms with Gasteiger partial charge in [-0.15, -0.1) is 0 Å². The van der Waals surface area contributed by atoms with Crippen LogP contribution in [0.15, 0.2) is 17.0 Å². The van der Waals surface area contributed by atoms with Crippen molar-refractivity contribution in [2.24, 2.45) is 0 Å². The van der Waals surface area contributed by atoms with E-state index in [2.05, 4.69) is 10.1 Å². The maximum Gasteiger partial charge on any atom is 0.265 e. The molecule has 0 unspecified atom stereocenters. The third-order valence-corrected chi connectivity index (χ3v) is 3.28. The Morgan fingerprint density at radius 1 is 1.45 bits per heavy atom. The fourth-order valence-electron chi connectivity index (χ4n) is 1.18. The van der Waals surface area contributed by atoms with Gasteiger partial charge in [0.1, 0.15) is 17.3 Å². The first-order valence-electron chi connectivity index (χ1n) is 4.96. The summed E-state index contributed by atoms with van der Waals surface area (Å²) < 4.78 is 53.5. The van der Waals surface area contributed by atoms with Crippen LogP contribution >= 0.6 is 10.7 Å². The molecule has 0 spiro atoms. The highest BCUT2D eigenvalue weighted by Crippen LogP contribution is 2.30. The fourth-order valence-corrected chi connectivity index (χ4v) is 2.16. The average Bonchev–Trinajstić information content (AvgIpc) is 2.33. The second-order valence-electron chi connectivity index (χ2n) is 3.38. The third-order valence-electron chi connectivity index (χ3n) is 1.95. The SMILES string of the molecule is N#CCNC(=O)COc1c(F)cc(F)cc1S(=O)(=O)Cl. The summed E-state index contributed by atoms with van der Waals surface area (Å²) in [7, 11) is 0.562. The highest BCUT2D eigenvalue weighted by Gasteiger charge is 2.23. The molecule has 20 heavy (non-hydrogen) atoms. The lowest BCUT2D eigenvalue weighted by atomic mass is 10.3. The zero-order valence-corrected chi connectivity index (χ0v) is 11.3. The van der Waals surface area contributed by atoms with Crippen LogP contribution in [0.5, 0.6) is 5.75 Å². The zero-order valence-electron chi connectivity index (χ0n) is 9.69. The van der Waals surface area contributed by atoms with Crippen LogP contribution < -0.4 is 10.1 Å². The minimum absolute atomic E-state index is 0.297. The number of carbonyl (C=O) groups is 1. The van der Waals surface area contributed by atoms with Gasteiger partial charge < -0.3 is 10.1 Å². The van der Waals surface area contributed by atoms with E-state index in [-0.39, 0.29) is 6.54 Å². The molecule has 1 aromatic carbocycles. The van der Waals surface area contributed by atoms with Crippen LogP contribution in [0.25, 0.3) is 0 Å². The lowest BCUT2D eigenvalue weighted by Crippen LogP contribution is -2.29. The van der Waals surface area contributed by atoms with E-state index >= 15 is 0 Å². The number of nitrogens with zero attached hydrogens (tertiary/aromatic N) is 1. The summed E-state index contributed by atoms with van der Waals surface area (Å²) in [6, 6.07) is 2.47. The maximum absolute atomic E-state index is 13.5. The van der Waals surface area contributed by atoms with Gasteiger partial charge in [0.25, 0.3) is 15.0 Å². The van der Waals surface area contributed by atoms with Crippen LogP contribution in [0.1, 0.15) is 0 Å². The Labute approximate surface area is 117 Å². The lowest BCUT2D eigenvalue weighted by molar-refractivity contribution is -0.122. The van der Waals surface area contributed by atoms with Gasteiger partial charge in [-0.3, -0.25) is 4.79 Å². The number of nitriles is 1. The number of hydrogen-bond acceptors (Lipinski definition) is 5. The standard InChI is InChI=1S/C10H7ClF2N2O4S/c11-20(17,18)8-4-6(12)3-7(13)10(8)19-5-9(16)15-2-1-14/h3-4H,2,5H2,(H,15,16). The summed E-state index contributed by atoms with van der Waals surface area (Å²) in [5.74, 6) is -4.14. The Morgan fingerprint density at radius 3 is 2.65 bits per heavy atom. The first-order valence-corrected chi connectivity index (χ1v) is 7.26. The molecule has 1 aromatic rings. The van der Waals surface area contributed by atoms with Crippen LogP contribution in [0.4, 0.5) is 8.78 Å². The van der Waals surface area contributed by atoms with Gasteiger partial charge in [-0.1, -0.05) is 0 Å². The maximum atomic E-state index is 13.5. The Balaban J connectivity index is 3.01. The number of carbonyl (C=O) groups excluding carboxylic acids is 1. The third kappa shape index (κ3) is 4.32. The quantitative estimate of drug-likeness (QED) is 0.641. The molecule has 1 amide bonds. The van der Waals surface area contributed by atoms with Crippen molar-refractivity contribution < 1.29 is 26.7 Å². The van der Waals surface area contributed by atoms with Crippen LogP contribution in [0.2, 0.25) is 0 Å². The normalized spacial score (nSPS) is 10.7. The number of hydrogen-bond donors (Lipinski definition) is 1. The Hall–Kier alpha value is -1.92. The Kier molecular flexibility index (Phi) is 5.24. The van der Waals surface area contributed by atoms with Gasteiger partial charge in [-0.25, -0.2) is 17.2 Å². The molecule has 1 rings (SSSR count). The van der Waals surface area contributed by atoms with Crippen LogP contribution in [-0.2, 0) is 13.8 Å². The van der Waals surface area contributed by atoms with Gasteiger partial charge in [0.05, 0.1) is 6.07 Å². The Morgan fingerprint density at radius 2 is 2.10 bits per heavy atom. The molecular weight excluding hydrogens is 318 g/mol. The molecule has 0 aliphatic rings. The van der Waals surface area contributed by atoms with E-state index in [1.54, 1.807) is 6.07 Å². The highest BCUT2D eigenvalue weighted by molar-refractivity contribution is 8.13. The predicted octanol–water partition coefficient (Wildman–Crippen LogP) is 0.911. The predicted molar refractivity (Wildman–Crippen MR) is 63.5 cm³/mol. The number of benzene rings is 1. The molecule has 0 aromatic heterocycles. The van der Waals surface area contributed by atoms with E-state index < -0.39 is 43.8 Å². The van der Waals surface area contributed by atoms with Crippen molar-refractivity contribution in [1.82, 2.24) is 5.32 Å². The van der Waals surface area contributed by atoms with Gasteiger partial charge in [-0.2, -0.15) is 5.26 Å². The van der Waals surface area contributed by atoms with Gasteiger partial charge in [-0.05, 0) is 6.07 Å². The molecule has 0 fully saturated rings. The van der Waals surface area contributed by atoms with E-state index in [0.29, 0.717) is 12.1 Å². The lowest BCUT2D eigenvalue weighted by Gasteiger charge is -2.10. The number of rotatable bonds is 5. The summed E-state index contributed by atoms with van der Waals surface area (Å²) in [4.78, 5) is 10.2. The first-order chi connectivity index (χ1) is 9.25. The average molecular weight is 325 g/mol. The molecule has 0 aliphatic carbocycles. The Bertz CT molecular complexity index is 673. The summed E-state index contributed by atoms with van der Waals surface area (Å²) in [5, 5.41) is 10.3. The molecule has 0 radical (unpaired) electrons. The van der Waals surface area contributed by atoms with Gasteiger partial charge in [0, 0.05) is 16.7 Å². The summed E-state index contributed by atoms with van der Waals surface area (Å²) in [6.07, 6.45) is 0. The second-order valence-corrected chi connectivity index (χ2v) is 5.91. The van der Waals surface area contributed by atoms with E-state index in [1.165, 1.54) is 0 Å². The van der Waals surface area contributed by atoms with Crippen LogP contribution in [0, 0.1) is 23.0 Å². The second kappa shape index (κ2) is 6.49. The summed E-state index contributed by atoms with van der Waals surface area (Å²) in [6.45, 7) is -1.06. The molecule has 0 heterocycles. The van der Waals surface area contributed by atoms with Crippen molar-refractivity contribution in [1.29, 1.82) is 5.26 Å². The van der Waals surface area contributed by atoms with Crippen molar-refractivity contribution >= 4 is 25.6 Å². The van der Waals surface area contributed by atoms with Crippen molar-refractivity contribution in [2.45, 2.75) is 4.90 Å². The smallest absolute Gasteiger partial charge is 0.265 e. The molecule has 0 atom stereocenters. The van der Waals surface area contributed by atoms with E-state index in [0.717, 1.165) is 0 Å². The topological polar surface area (TPSA) is 96.3 Å². The summed E-state index contributed by atoms with van der Waals surface area (Å²) >= 11 is 0. The monoisotopic (exact) mass is 324 g/mol. The van der Waals surface area contributed by atoms with Gasteiger partial charge in [0.2, 0.25) is 0 Å². The van der Waals surface area contributed by atoms with Crippen molar-refractivity contribution in [2.75, 3.05) is 13.2 Å². The minimum Gasteiger partial charge on any atom is -0.479 e. The largest absolute Gasteiger partial charge is 0.479 e. The van der Waals surface area contributed by atoms with Gasteiger partial charge >= 0.3 is 0 Å². The van der Waals surface area contributed by atoms with E-state index in [9.17, 15) is 22.0 Å². The molecule has 108 valence electrons. The van der Waals surface area contributed by atoms with Gasteiger partial charge in [0.15, 0.2) is 18.2 Å². The van der Waals surface area contributed by atoms with E-state index in [1.807, 2.05) is 0 Å². The molecule has 0 saturated carbocycles. The molecule has 10 heteroatoms. The minimum atomic E-state index is -4.46. The van der Waals surface area contributed by atoms with Crippen molar-refractivity contribution in [3.05, 3.63) is 23.8 Å². The molecule has 0 bridgehead atoms. The first kappa shape index (κ1) is 16.1. The van der Waals surface area contributed by atoms with Crippen molar-refractivity contribution in [3.63, 3.8) is 0 Å². The molecular formula is C10H7ClF2N2O4S. The number of nitrogens with one attached hydrogen (secondary N) is 1. The molecule has 0 aliphatic heterocycles. The van der Waals surface area contributed by atoms with Crippen molar-refractivity contribution in [3.8, 4) is 11.8 Å². The number of halogens is 3. The van der Waals surface area contributed by atoms with Crippen LogP contribution in [-0.4, -0.2) is 27.5 Å². The highest BCUT2D eigenvalue weighted by atomic mass is 35.7. The van der Waals surface area contributed by atoms with E-state index in [4.69, 9.17) is 15.9 Å². The molecule has 1 N–H and O–H groups in total. The molecule has 6 nitrogen and oxygen atoms in total. The zero-order chi connectivity index (χ0) is 15.3. The number of amides is 1. The fraction of sp³-hybridized carbons (Fsp3) is 0.200. The summed E-state index contributed by atoms with van der Waals surface area (Å²) in [5.41, 5.74) is 0. The molecule has 0 saturated heterocycles.